The van der Waals surface area contributed by atoms with Gasteiger partial charge in [-0.05, 0) is 70.8 Å². The van der Waals surface area contributed by atoms with Crippen molar-refractivity contribution in [3.63, 3.8) is 0 Å². The summed E-state index contributed by atoms with van der Waals surface area (Å²) >= 11 is 0. The minimum absolute atomic E-state index is 0.379. The smallest absolute Gasteiger partial charge is 0.153 e. The molecule has 34 heavy (non-hydrogen) atoms. The monoisotopic (exact) mass is 460 g/mol. The van der Waals surface area contributed by atoms with E-state index in [1.54, 1.807) is 24.3 Å². The third kappa shape index (κ3) is 5.06. The molecule has 0 bridgehead atoms. The molecule has 4 aromatic rings. The van der Waals surface area contributed by atoms with Gasteiger partial charge < -0.3 is 10.2 Å². The van der Waals surface area contributed by atoms with Crippen LogP contribution in [-0.2, 0) is 4.79 Å². The summed E-state index contributed by atoms with van der Waals surface area (Å²) in [4.78, 5) is 22.0. The van der Waals surface area contributed by atoms with Crippen LogP contribution in [0.25, 0.3) is 0 Å². The SMILES string of the molecule is O=C(C(c1ccc(F)cc1)C(O)c1ccncc1)C(c1ccc(F)cc1)C(O)c1ccncc1. The van der Waals surface area contributed by atoms with E-state index in [1.807, 2.05) is 0 Å². The Morgan fingerprint density at radius 1 is 0.559 bits per heavy atom. The van der Waals surface area contributed by atoms with Gasteiger partial charge in [0.15, 0.2) is 5.78 Å². The van der Waals surface area contributed by atoms with Crippen LogP contribution in [0.5, 0.6) is 0 Å². The highest BCUT2D eigenvalue weighted by molar-refractivity contribution is 5.93. The molecule has 4 atom stereocenters. The van der Waals surface area contributed by atoms with E-state index in [0.717, 1.165) is 0 Å². The molecule has 2 aromatic heterocycles. The van der Waals surface area contributed by atoms with Crippen molar-refractivity contribution in [3.05, 3.63) is 131 Å². The molecule has 4 rings (SSSR count). The predicted molar refractivity (Wildman–Crippen MR) is 122 cm³/mol. The summed E-state index contributed by atoms with van der Waals surface area (Å²) in [6.07, 6.45) is 3.38. The molecule has 0 aliphatic heterocycles. The van der Waals surface area contributed by atoms with Crippen LogP contribution in [-0.4, -0.2) is 26.0 Å². The quantitative estimate of drug-likeness (QED) is 0.400. The Morgan fingerprint density at radius 3 is 1.21 bits per heavy atom. The minimum Gasteiger partial charge on any atom is -0.387 e. The van der Waals surface area contributed by atoms with Crippen molar-refractivity contribution in [2.75, 3.05) is 0 Å². The lowest BCUT2D eigenvalue weighted by Gasteiger charge is -2.30. The molecule has 2 N–H and O–H groups in total. The molecule has 0 aliphatic carbocycles. The molecule has 0 fully saturated rings. The number of carbonyl (C=O) groups is 1. The van der Waals surface area contributed by atoms with Gasteiger partial charge in [0, 0.05) is 24.8 Å². The van der Waals surface area contributed by atoms with Crippen LogP contribution >= 0.6 is 0 Å². The number of nitrogens with zero attached hydrogens (tertiary/aromatic N) is 2. The topological polar surface area (TPSA) is 83.3 Å². The number of rotatable bonds is 8. The van der Waals surface area contributed by atoms with Gasteiger partial charge in [-0.15, -0.1) is 0 Å². The summed E-state index contributed by atoms with van der Waals surface area (Å²) in [6.45, 7) is 0. The number of benzene rings is 2. The zero-order valence-electron chi connectivity index (χ0n) is 18.0. The standard InChI is InChI=1S/C27H22F2N2O3/c28-21-5-1-17(2-6-21)23(25(32)19-9-13-30-14-10-19)27(34)24(18-3-7-22(29)8-4-18)26(33)20-11-15-31-16-12-20/h1-16,23-26,32-33H. The molecule has 0 radical (unpaired) electrons. The first-order chi connectivity index (χ1) is 16.5. The first-order valence-electron chi connectivity index (χ1n) is 10.7. The van der Waals surface area contributed by atoms with Crippen LogP contribution in [0.2, 0.25) is 0 Å². The second-order valence-corrected chi connectivity index (χ2v) is 7.91. The molecule has 0 saturated heterocycles. The number of aliphatic hydroxyl groups is 2. The number of carbonyl (C=O) groups excluding carboxylic acids is 1. The second-order valence-electron chi connectivity index (χ2n) is 7.91. The van der Waals surface area contributed by atoms with Crippen molar-refractivity contribution in [2.24, 2.45) is 0 Å². The van der Waals surface area contributed by atoms with E-state index in [4.69, 9.17) is 0 Å². The minimum atomic E-state index is -1.30. The maximum atomic E-state index is 14.1. The zero-order chi connectivity index (χ0) is 24.1. The van der Waals surface area contributed by atoms with Gasteiger partial charge in [0.05, 0.1) is 24.0 Å². The van der Waals surface area contributed by atoms with Gasteiger partial charge in [-0.25, -0.2) is 8.78 Å². The lowest BCUT2D eigenvalue weighted by Crippen LogP contribution is -2.29. The molecule has 2 heterocycles. The molecule has 5 nitrogen and oxygen atoms in total. The van der Waals surface area contributed by atoms with Gasteiger partial charge in [-0.2, -0.15) is 0 Å². The maximum Gasteiger partial charge on any atom is 0.153 e. The Balaban J connectivity index is 1.83. The van der Waals surface area contributed by atoms with E-state index in [9.17, 15) is 23.8 Å². The molecule has 4 unspecified atom stereocenters. The number of aromatic nitrogens is 2. The third-order valence-corrected chi connectivity index (χ3v) is 5.80. The molecule has 0 spiro atoms. The van der Waals surface area contributed by atoms with Crippen molar-refractivity contribution in [1.29, 1.82) is 0 Å². The number of aliphatic hydroxyl groups excluding tert-OH is 2. The maximum absolute atomic E-state index is 14.1. The molecule has 0 aliphatic rings. The number of hydrogen-bond acceptors (Lipinski definition) is 5. The fourth-order valence-corrected chi connectivity index (χ4v) is 4.04. The van der Waals surface area contributed by atoms with Gasteiger partial charge >= 0.3 is 0 Å². The van der Waals surface area contributed by atoms with E-state index in [-0.39, 0.29) is 0 Å². The Morgan fingerprint density at radius 2 is 0.882 bits per heavy atom. The van der Waals surface area contributed by atoms with Gasteiger partial charge in [-0.3, -0.25) is 14.8 Å². The highest BCUT2D eigenvalue weighted by Crippen LogP contribution is 2.41. The molecule has 7 heteroatoms. The van der Waals surface area contributed by atoms with Gasteiger partial charge in [0.25, 0.3) is 0 Å². The normalized spacial score (nSPS) is 14.7. The molecular weight excluding hydrogens is 438 g/mol. The number of ketones is 1. The molecule has 172 valence electrons. The fourth-order valence-electron chi connectivity index (χ4n) is 4.04. The van der Waals surface area contributed by atoms with Crippen LogP contribution in [0.4, 0.5) is 8.78 Å². The van der Waals surface area contributed by atoms with Gasteiger partial charge in [0.2, 0.25) is 0 Å². The van der Waals surface area contributed by atoms with E-state index in [2.05, 4.69) is 9.97 Å². The van der Waals surface area contributed by atoms with Crippen LogP contribution in [0.1, 0.15) is 46.3 Å². The molecule has 0 saturated carbocycles. The average Bonchev–Trinajstić information content (AvgIpc) is 2.87. The lowest BCUT2D eigenvalue weighted by molar-refractivity contribution is -0.127. The number of pyridine rings is 2. The first-order valence-corrected chi connectivity index (χ1v) is 10.7. The molecule has 2 aromatic carbocycles. The summed E-state index contributed by atoms with van der Waals surface area (Å²) in [5.74, 6) is -3.77. The van der Waals surface area contributed by atoms with Gasteiger partial charge in [-0.1, -0.05) is 24.3 Å². The zero-order valence-corrected chi connectivity index (χ0v) is 18.0. The summed E-state index contributed by atoms with van der Waals surface area (Å²) in [5, 5.41) is 22.5. The van der Waals surface area contributed by atoms with Gasteiger partial charge in [0.1, 0.15) is 11.6 Å². The summed E-state index contributed by atoms with van der Waals surface area (Å²) in [7, 11) is 0. The van der Waals surface area contributed by atoms with Crippen LogP contribution in [0.3, 0.4) is 0 Å². The Bertz CT molecular complexity index is 1120. The molecule has 0 amide bonds. The van der Waals surface area contributed by atoms with E-state index in [1.165, 1.54) is 73.3 Å². The first kappa shape index (κ1) is 23.4. The van der Waals surface area contributed by atoms with E-state index >= 15 is 0 Å². The fraction of sp³-hybridized carbons (Fsp3) is 0.148. The third-order valence-electron chi connectivity index (χ3n) is 5.80. The average molecular weight is 460 g/mol. The van der Waals surface area contributed by atoms with Crippen molar-refractivity contribution in [2.45, 2.75) is 24.0 Å². The predicted octanol–water partition coefficient (Wildman–Crippen LogP) is 4.66. The summed E-state index contributed by atoms with van der Waals surface area (Å²) < 4.78 is 27.3. The Labute approximate surface area is 195 Å². The van der Waals surface area contributed by atoms with Crippen molar-refractivity contribution >= 4 is 5.78 Å². The summed E-state index contributed by atoms with van der Waals surface area (Å²) in [5.41, 5.74) is 1.64. The largest absolute Gasteiger partial charge is 0.387 e. The van der Waals surface area contributed by atoms with E-state index in [0.29, 0.717) is 22.3 Å². The Hall–Kier alpha value is -3.81. The number of halogens is 2. The van der Waals surface area contributed by atoms with E-state index < -0.39 is 41.5 Å². The van der Waals surface area contributed by atoms with Crippen LogP contribution < -0.4 is 0 Å². The number of hydrogen-bond donors (Lipinski definition) is 2. The van der Waals surface area contributed by atoms with Crippen LogP contribution in [0, 0.1) is 11.6 Å². The number of Topliss-reactive ketones (excluding diaryl/α,β-unsaturated/α-hetero) is 1. The second kappa shape index (κ2) is 10.4. The Kier molecular flexibility index (Phi) is 7.15. The van der Waals surface area contributed by atoms with Crippen molar-refractivity contribution < 1.29 is 23.8 Å². The highest BCUT2D eigenvalue weighted by atomic mass is 19.1. The highest BCUT2D eigenvalue weighted by Gasteiger charge is 2.39. The van der Waals surface area contributed by atoms with Crippen molar-refractivity contribution in [3.8, 4) is 0 Å². The molecular formula is C27H22F2N2O3. The van der Waals surface area contributed by atoms with Crippen molar-refractivity contribution in [1.82, 2.24) is 9.97 Å². The van der Waals surface area contributed by atoms with Crippen LogP contribution in [0.15, 0.2) is 97.6 Å². The lowest BCUT2D eigenvalue weighted by atomic mass is 9.76. The summed E-state index contributed by atoms with van der Waals surface area (Å²) in [6, 6.07) is 16.9.